The lowest BCUT2D eigenvalue weighted by Crippen LogP contribution is -2.09. The largest absolute Gasteiger partial charge is 0.307 e. The molecule has 0 fully saturated rings. The standard InChI is InChI=1S/C16H16OS.CH2O/c1-16(2)9-7-13-11-12-5-3-4-6-14(12)18(17)15(13)8-10-16;1-2/h3-10H,11H2,1-2H3;1H2. The molecule has 1 heterocycles. The summed E-state index contributed by atoms with van der Waals surface area (Å²) in [5.74, 6) is 0. The summed E-state index contributed by atoms with van der Waals surface area (Å²) in [5.41, 5.74) is 2.41. The smallest absolute Gasteiger partial charge is 0.106 e. The molecule has 1 aliphatic carbocycles. The first-order valence-electron chi connectivity index (χ1n) is 6.47. The molecule has 0 saturated carbocycles. The van der Waals surface area contributed by atoms with Crippen LogP contribution in [0.1, 0.15) is 19.4 Å². The van der Waals surface area contributed by atoms with E-state index in [1.165, 1.54) is 11.1 Å². The van der Waals surface area contributed by atoms with Crippen LogP contribution in [-0.2, 0) is 22.0 Å². The number of hydrogen-bond acceptors (Lipinski definition) is 2. The first-order valence-corrected chi connectivity index (χ1v) is 7.62. The molecule has 0 N–H and O–H groups in total. The van der Waals surface area contributed by atoms with Crippen molar-refractivity contribution >= 4 is 17.6 Å². The number of fused-ring (bicyclic) bond motifs is 1. The summed E-state index contributed by atoms with van der Waals surface area (Å²) >= 11 is 0. The number of carbonyl (C=O) groups is 1. The summed E-state index contributed by atoms with van der Waals surface area (Å²) in [5, 5.41) is 0. The number of rotatable bonds is 0. The van der Waals surface area contributed by atoms with Gasteiger partial charge in [-0.15, -0.1) is 0 Å². The fraction of sp³-hybridized carbons (Fsp3) is 0.235. The molecule has 0 aromatic heterocycles. The zero-order valence-corrected chi connectivity index (χ0v) is 12.6. The monoisotopic (exact) mass is 286 g/mol. The second-order valence-corrected chi connectivity index (χ2v) is 6.85. The summed E-state index contributed by atoms with van der Waals surface area (Å²) in [6.07, 6.45) is 9.40. The van der Waals surface area contributed by atoms with E-state index in [0.29, 0.717) is 0 Å². The molecule has 3 heteroatoms. The first-order chi connectivity index (χ1) is 9.57. The van der Waals surface area contributed by atoms with E-state index in [1.54, 1.807) is 0 Å². The molecular formula is C17H18O2S. The van der Waals surface area contributed by atoms with Gasteiger partial charge in [0.2, 0.25) is 0 Å². The Labute approximate surface area is 122 Å². The van der Waals surface area contributed by atoms with E-state index in [4.69, 9.17) is 4.79 Å². The summed E-state index contributed by atoms with van der Waals surface area (Å²) in [6, 6.07) is 8.03. The van der Waals surface area contributed by atoms with E-state index in [1.807, 2.05) is 31.1 Å². The fourth-order valence-corrected chi connectivity index (χ4v) is 3.72. The lowest BCUT2D eigenvalue weighted by Gasteiger charge is -2.18. The normalized spacial score (nSPS) is 22.2. The maximum absolute atomic E-state index is 12.6. The summed E-state index contributed by atoms with van der Waals surface area (Å²) < 4.78 is 12.6. The van der Waals surface area contributed by atoms with Gasteiger partial charge in [-0.3, -0.25) is 0 Å². The van der Waals surface area contributed by atoms with Gasteiger partial charge in [0.15, 0.2) is 0 Å². The molecule has 3 rings (SSSR count). The molecule has 1 aromatic rings. The van der Waals surface area contributed by atoms with E-state index >= 15 is 0 Å². The highest BCUT2D eigenvalue weighted by Crippen LogP contribution is 2.35. The van der Waals surface area contributed by atoms with Crippen molar-refractivity contribution in [3.05, 3.63) is 64.6 Å². The van der Waals surface area contributed by atoms with Crippen LogP contribution in [-0.4, -0.2) is 11.0 Å². The third kappa shape index (κ3) is 2.73. The van der Waals surface area contributed by atoms with Gasteiger partial charge < -0.3 is 4.79 Å². The Morgan fingerprint density at radius 3 is 2.50 bits per heavy atom. The van der Waals surface area contributed by atoms with Gasteiger partial charge in [0.05, 0.1) is 10.8 Å². The minimum Gasteiger partial charge on any atom is -0.307 e. The Bertz CT molecular complexity index is 636. The van der Waals surface area contributed by atoms with E-state index in [9.17, 15) is 4.21 Å². The highest BCUT2D eigenvalue weighted by Gasteiger charge is 2.24. The van der Waals surface area contributed by atoms with Gasteiger partial charge in [0.25, 0.3) is 0 Å². The molecule has 0 bridgehead atoms. The highest BCUT2D eigenvalue weighted by molar-refractivity contribution is 7.89. The van der Waals surface area contributed by atoms with Crippen LogP contribution in [0.4, 0.5) is 0 Å². The molecular weight excluding hydrogens is 268 g/mol. The Balaban J connectivity index is 0.000000704. The van der Waals surface area contributed by atoms with Crippen molar-refractivity contribution in [1.82, 2.24) is 0 Å². The van der Waals surface area contributed by atoms with Crippen LogP contribution in [0.25, 0.3) is 0 Å². The molecule has 1 atom stereocenters. The Kier molecular flexibility index (Phi) is 4.19. The molecule has 1 aromatic carbocycles. The molecule has 0 spiro atoms. The molecule has 20 heavy (non-hydrogen) atoms. The van der Waals surface area contributed by atoms with Gasteiger partial charge in [0, 0.05) is 15.2 Å². The molecule has 0 saturated heterocycles. The van der Waals surface area contributed by atoms with Gasteiger partial charge in [-0.25, -0.2) is 4.21 Å². The third-order valence-electron chi connectivity index (χ3n) is 3.45. The predicted octanol–water partition coefficient (Wildman–Crippen LogP) is 3.57. The van der Waals surface area contributed by atoms with E-state index in [0.717, 1.165) is 16.2 Å². The first kappa shape index (κ1) is 14.7. The number of hydrogen-bond donors (Lipinski definition) is 0. The summed E-state index contributed by atoms with van der Waals surface area (Å²) in [6.45, 7) is 6.32. The predicted molar refractivity (Wildman–Crippen MR) is 82.8 cm³/mol. The number of carbonyl (C=O) groups excluding carboxylic acids is 1. The van der Waals surface area contributed by atoms with Crippen molar-refractivity contribution in [2.45, 2.75) is 25.2 Å². The molecule has 1 aliphatic heterocycles. The number of allylic oxidation sites excluding steroid dienone is 5. The Morgan fingerprint density at radius 1 is 1.10 bits per heavy atom. The second-order valence-electron chi connectivity index (χ2n) is 5.43. The van der Waals surface area contributed by atoms with Crippen LogP contribution in [0, 0.1) is 5.41 Å². The van der Waals surface area contributed by atoms with Crippen LogP contribution in [0.5, 0.6) is 0 Å². The number of benzene rings is 1. The van der Waals surface area contributed by atoms with Crippen LogP contribution >= 0.6 is 0 Å². The third-order valence-corrected chi connectivity index (χ3v) is 5.04. The lowest BCUT2D eigenvalue weighted by molar-refractivity contribution is -0.0979. The van der Waals surface area contributed by atoms with Gasteiger partial charge in [0.1, 0.15) is 6.79 Å². The quantitative estimate of drug-likeness (QED) is 0.730. The molecule has 1 unspecified atom stereocenters. The van der Waals surface area contributed by atoms with Crippen LogP contribution in [0.3, 0.4) is 0 Å². The van der Waals surface area contributed by atoms with Crippen molar-refractivity contribution in [1.29, 1.82) is 0 Å². The van der Waals surface area contributed by atoms with Crippen molar-refractivity contribution in [3.8, 4) is 0 Å². The average molecular weight is 286 g/mol. The van der Waals surface area contributed by atoms with Gasteiger partial charge >= 0.3 is 0 Å². The van der Waals surface area contributed by atoms with Gasteiger partial charge in [-0.2, -0.15) is 0 Å². The lowest BCUT2D eigenvalue weighted by atomic mass is 9.93. The SMILES string of the molecule is C=O.CC1(C)C=CC2=C(C=C1)S(=O)c1ccccc1C2. The molecule has 2 aliphatic rings. The van der Waals surface area contributed by atoms with Crippen molar-refractivity contribution in [3.63, 3.8) is 0 Å². The second kappa shape index (κ2) is 5.71. The maximum atomic E-state index is 12.6. The maximum Gasteiger partial charge on any atom is 0.106 e. The van der Waals surface area contributed by atoms with Crippen LogP contribution < -0.4 is 0 Å². The van der Waals surface area contributed by atoms with Crippen LogP contribution in [0.15, 0.2) is 63.9 Å². The van der Waals surface area contributed by atoms with Crippen molar-refractivity contribution in [2.75, 3.05) is 0 Å². The molecule has 104 valence electrons. The minimum absolute atomic E-state index is 0.0354. The summed E-state index contributed by atoms with van der Waals surface area (Å²) in [4.78, 5) is 9.93. The fourth-order valence-electron chi connectivity index (χ4n) is 2.33. The van der Waals surface area contributed by atoms with Crippen molar-refractivity contribution in [2.24, 2.45) is 5.41 Å². The van der Waals surface area contributed by atoms with E-state index in [-0.39, 0.29) is 5.41 Å². The van der Waals surface area contributed by atoms with E-state index in [2.05, 4.69) is 38.1 Å². The average Bonchev–Trinajstić information content (AvgIpc) is 2.61. The Morgan fingerprint density at radius 2 is 1.75 bits per heavy atom. The van der Waals surface area contributed by atoms with E-state index < -0.39 is 10.8 Å². The minimum atomic E-state index is -1.03. The topological polar surface area (TPSA) is 34.1 Å². The highest BCUT2D eigenvalue weighted by atomic mass is 32.2. The zero-order chi connectivity index (χ0) is 14.8. The van der Waals surface area contributed by atoms with Gasteiger partial charge in [-0.05, 0) is 29.7 Å². The zero-order valence-electron chi connectivity index (χ0n) is 11.8. The molecule has 2 nitrogen and oxygen atoms in total. The Hall–Kier alpha value is -1.74. The molecule has 0 radical (unpaired) electrons. The summed E-state index contributed by atoms with van der Waals surface area (Å²) in [7, 11) is -1.03. The molecule has 0 amide bonds. The van der Waals surface area contributed by atoms with Crippen molar-refractivity contribution < 1.29 is 9.00 Å². The van der Waals surface area contributed by atoms with Crippen LogP contribution in [0.2, 0.25) is 0 Å². The van der Waals surface area contributed by atoms with Gasteiger partial charge in [-0.1, -0.05) is 50.3 Å².